The molecule has 24 heavy (non-hydrogen) atoms. The van der Waals surface area contributed by atoms with E-state index in [1.54, 1.807) is 10.5 Å². The molecule has 126 valence electrons. The molecule has 3 rings (SSSR count). The summed E-state index contributed by atoms with van der Waals surface area (Å²) >= 11 is 6.25. The molecule has 0 atom stereocenters. The highest BCUT2D eigenvalue weighted by Crippen LogP contribution is 2.32. The zero-order valence-corrected chi connectivity index (χ0v) is 14.7. The van der Waals surface area contributed by atoms with E-state index in [2.05, 4.69) is 36.3 Å². The van der Waals surface area contributed by atoms with Crippen molar-refractivity contribution >= 4 is 50.5 Å². The number of carbonyl (C=O) groups is 1. The minimum absolute atomic E-state index is 0.0844. The van der Waals surface area contributed by atoms with Crippen LogP contribution in [0.15, 0.2) is 21.3 Å². The molecule has 6 nitrogen and oxygen atoms in total. The maximum Gasteiger partial charge on any atom is 0.451 e. The zero-order valence-electron chi connectivity index (χ0n) is 11.5. The molecule has 12 heteroatoms. The third-order valence-electron chi connectivity index (χ3n) is 2.68. The standard InChI is InChI=1S/C12H7BrF3N5OS2/c13-5-1-7(23-3-5)9-17-6(4-24-9)2-8(22)18-11-19-10(20-21-11)12(14,15)16/h1,3-4H,2H2,(H2,18,19,20,21,22). The van der Waals surface area contributed by atoms with Crippen LogP contribution in [-0.2, 0) is 17.4 Å². The number of aromatic amines is 1. The second kappa shape index (κ2) is 6.61. The summed E-state index contributed by atoms with van der Waals surface area (Å²) < 4.78 is 38.1. The van der Waals surface area contributed by atoms with Gasteiger partial charge in [0.05, 0.1) is 17.0 Å². The number of carbonyl (C=O) groups excluding carboxylic acids is 1. The van der Waals surface area contributed by atoms with E-state index in [0.29, 0.717) is 5.69 Å². The van der Waals surface area contributed by atoms with Crippen molar-refractivity contribution in [1.29, 1.82) is 0 Å². The van der Waals surface area contributed by atoms with E-state index < -0.39 is 23.9 Å². The highest BCUT2D eigenvalue weighted by atomic mass is 79.9. The fourth-order valence-corrected chi connectivity index (χ4v) is 4.03. The van der Waals surface area contributed by atoms with Crippen LogP contribution in [0.5, 0.6) is 0 Å². The molecule has 1 amide bonds. The molecule has 0 aliphatic rings. The molecule has 3 aromatic rings. The number of thiophene rings is 1. The Morgan fingerprint density at radius 1 is 1.29 bits per heavy atom. The van der Waals surface area contributed by atoms with Gasteiger partial charge in [-0.25, -0.2) is 4.98 Å². The van der Waals surface area contributed by atoms with Crippen LogP contribution >= 0.6 is 38.6 Å². The zero-order chi connectivity index (χ0) is 17.3. The number of H-pyrrole nitrogens is 1. The molecule has 0 unspecified atom stereocenters. The lowest BCUT2D eigenvalue weighted by molar-refractivity contribution is -0.144. The Morgan fingerprint density at radius 3 is 2.71 bits per heavy atom. The van der Waals surface area contributed by atoms with Gasteiger partial charge in [0.1, 0.15) is 5.01 Å². The van der Waals surface area contributed by atoms with Crippen LogP contribution in [0.1, 0.15) is 11.5 Å². The number of hydrogen-bond acceptors (Lipinski definition) is 6. The van der Waals surface area contributed by atoms with Crippen LogP contribution in [0, 0.1) is 0 Å². The van der Waals surface area contributed by atoms with Gasteiger partial charge in [-0.3, -0.25) is 15.2 Å². The Bertz CT molecular complexity index is 872. The van der Waals surface area contributed by atoms with E-state index in [4.69, 9.17) is 0 Å². The average molecular weight is 438 g/mol. The third kappa shape index (κ3) is 3.99. The molecule has 0 radical (unpaired) electrons. The van der Waals surface area contributed by atoms with E-state index in [1.807, 2.05) is 11.4 Å². The second-order valence-electron chi connectivity index (χ2n) is 4.50. The lowest BCUT2D eigenvalue weighted by atomic mass is 10.3. The van der Waals surface area contributed by atoms with Crippen molar-refractivity contribution in [3.8, 4) is 9.88 Å². The monoisotopic (exact) mass is 437 g/mol. The number of aromatic nitrogens is 4. The predicted octanol–water partition coefficient (Wildman–Crippen LogP) is 3.95. The molecule has 0 aromatic carbocycles. The first-order valence-corrected chi connectivity index (χ1v) is 8.85. The molecule has 0 fully saturated rings. The Kier molecular flexibility index (Phi) is 4.69. The molecule has 0 saturated heterocycles. The predicted molar refractivity (Wildman–Crippen MR) is 86.8 cm³/mol. The molecule has 0 aliphatic heterocycles. The summed E-state index contributed by atoms with van der Waals surface area (Å²) in [7, 11) is 0. The largest absolute Gasteiger partial charge is 0.451 e. The van der Waals surface area contributed by atoms with E-state index in [-0.39, 0.29) is 6.42 Å². The van der Waals surface area contributed by atoms with Crippen LogP contribution in [0.4, 0.5) is 19.1 Å². The number of anilines is 1. The van der Waals surface area contributed by atoms with Gasteiger partial charge in [0, 0.05) is 15.2 Å². The number of rotatable bonds is 4. The Hall–Kier alpha value is -1.79. The van der Waals surface area contributed by atoms with Gasteiger partial charge < -0.3 is 0 Å². The van der Waals surface area contributed by atoms with Crippen molar-refractivity contribution in [2.45, 2.75) is 12.6 Å². The number of thiazole rings is 1. The summed E-state index contributed by atoms with van der Waals surface area (Å²) in [6, 6.07) is 1.92. The van der Waals surface area contributed by atoms with Crippen molar-refractivity contribution in [2.24, 2.45) is 0 Å². The lowest BCUT2D eigenvalue weighted by Crippen LogP contribution is -2.16. The molecule has 0 spiro atoms. The normalized spacial score (nSPS) is 11.7. The van der Waals surface area contributed by atoms with E-state index >= 15 is 0 Å². The first kappa shape index (κ1) is 17.0. The van der Waals surface area contributed by atoms with Gasteiger partial charge in [-0.2, -0.15) is 18.2 Å². The van der Waals surface area contributed by atoms with Gasteiger partial charge in [0.25, 0.3) is 0 Å². The maximum atomic E-state index is 12.4. The molecule has 3 heterocycles. The quantitative estimate of drug-likeness (QED) is 0.646. The number of hydrogen-bond donors (Lipinski definition) is 2. The summed E-state index contributed by atoms with van der Waals surface area (Å²) in [4.78, 5) is 20.3. The van der Waals surface area contributed by atoms with Crippen LogP contribution in [-0.4, -0.2) is 26.1 Å². The number of nitrogens with zero attached hydrogens (tertiary/aromatic N) is 3. The minimum atomic E-state index is -4.64. The summed E-state index contributed by atoms with van der Waals surface area (Å²) in [5.74, 6) is -2.24. The average Bonchev–Trinajstić information content (AvgIpc) is 3.18. The minimum Gasteiger partial charge on any atom is -0.293 e. The number of halogens is 4. The van der Waals surface area contributed by atoms with Crippen LogP contribution in [0.25, 0.3) is 9.88 Å². The summed E-state index contributed by atoms with van der Waals surface area (Å²) in [6.45, 7) is 0. The van der Waals surface area contributed by atoms with Crippen LogP contribution in [0.3, 0.4) is 0 Å². The van der Waals surface area contributed by atoms with Gasteiger partial charge in [-0.15, -0.1) is 27.8 Å². The van der Waals surface area contributed by atoms with Gasteiger partial charge in [-0.05, 0) is 22.0 Å². The van der Waals surface area contributed by atoms with E-state index in [9.17, 15) is 18.0 Å². The van der Waals surface area contributed by atoms with Gasteiger partial charge >= 0.3 is 6.18 Å². The fourth-order valence-electron chi connectivity index (χ4n) is 1.70. The maximum absolute atomic E-state index is 12.4. The highest BCUT2D eigenvalue weighted by molar-refractivity contribution is 9.10. The molecular formula is C12H7BrF3N5OS2. The van der Waals surface area contributed by atoms with Crippen molar-refractivity contribution in [3.05, 3.63) is 32.8 Å². The molecule has 2 N–H and O–H groups in total. The molecule has 3 aromatic heterocycles. The molecule has 0 bridgehead atoms. The van der Waals surface area contributed by atoms with E-state index in [1.165, 1.54) is 22.7 Å². The van der Waals surface area contributed by atoms with Gasteiger partial charge in [0.2, 0.25) is 17.7 Å². The summed E-state index contributed by atoms with van der Waals surface area (Å²) in [5.41, 5.74) is 0.517. The Morgan fingerprint density at radius 2 is 2.08 bits per heavy atom. The Labute approximate surface area is 149 Å². The van der Waals surface area contributed by atoms with Gasteiger partial charge in [-0.1, -0.05) is 0 Å². The summed E-state index contributed by atoms with van der Waals surface area (Å²) in [6.07, 6.45) is -4.73. The van der Waals surface area contributed by atoms with Crippen LogP contribution < -0.4 is 5.32 Å². The Balaban J connectivity index is 1.63. The number of amides is 1. The van der Waals surface area contributed by atoms with Crippen molar-refractivity contribution in [1.82, 2.24) is 20.2 Å². The van der Waals surface area contributed by atoms with Crippen molar-refractivity contribution < 1.29 is 18.0 Å². The van der Waals surface area contributed by atoms with E-state index in [0.717, 1.165) is 14.4 Å². The number of nitrogens with one attached hydrogen (secondary N) is 2. The van der Waals surface area contributed by atoms with Crippen molar-refractivity contribution in [3.63, 3.8) is 0 Å². The SMILES string of the molecule is O=C(Cc1csc(-c2cc(Br)cs2)n1)Nc1n[nH]c(C(F)(F)F)n1. The molecule has 0 saturated carbocycles. The molecular weight excluding hydrogens is 431 g/mol. The lowest BCUT2D eigenvalue weighted by Gasteiger charge is -1.99. The van der Waals surface area contributed by atoms with Gasteiger partial charge in [0.15, 0.2) is 0 Å². The van der Waals surface area contributed by atoms with Crippen molar-refractivity contribution in [2.75, 3.05) is 5.32 Å². The second-order valence-corrected chi connectivity index (χ2v) is 7.19. The molecule has 0 aliphatic carbocycles. The smallest absolute Gasteiger partial charge is 0.293 e. The van der Waals surface area contributed by atoms with Crippen LogP contribution in [0.2, 0.25) is 0 Å². The topological polar surface area (TPSA) is 83.6 Å². The summed E-state index contributed by atoms with van der Waals surface area (Å²) in [5, 5.41) is 11.7. The first-order chi connectivity index (χ1) is 11.3. The fraction of sp³-hybridized carbons (Fsp3) is 0.167. The highest BCUT2D eigenvalue weighted by Gasteiger charge is 2.35. The number of alkyl halides is 3. The first-order valence-electron chi connectivity index (χ1n) is 6.29. The third-order valence-corrected chi connectivity index (χ3v) is 5.43.